The Morgan fingerprint density at radius 1 is 0.500 bits per heavy atom. The average molecular weight is 454 g/mol. The Kier molecular flexibility index (Phi) is 6.60. The lowest BCUT2D eigenvalue weighted by Gasteiger charge is -2.10. The van der Waals surface area contributed by atoms with Crippen LogP contribution in [0, 0.1) is 20.2 Å². The molecule has 34 heavy (non-hydrogen) atoms. The maximum Gasteiger partial charge on any atom is 0.311 e. The number of nitro groups is 2. The third kappa shape index (κ3) is 5.08. The van der Waals surface area contributed by atoms with Gasteiger partial charge in [0.1, 0.15) is 11.5 Å². The van der Waals surface area contributed by atoms with E-state index in [1.807, 2.05) is 24.3 Å². The molecule has 4 aromatic rings. The van der Waals surface area contributed by atoms with E-state index in [2.05, 4.69) is 0 Å². The molecule has 0 unspecified atom stereocenters. The van der Waals surface area contributed by atoms with Crippen molar-refractivity contribution < 1.29 is 19.3 Å². The summed E-state index contributed by atoms with van der Waals surface area (Å²) in [6.45, 7) is 0. The lowest BCUT2D eigenvalue weighted by molar-refractivity contribution is -0.385. The Balaban J connectivity index is 1.63. The number of ether oxygens (including phenoxy) is 2. The number of nitro benzene ring substituents is 2. The van der Waals surface area contributed by atoms with E-state index in [0.717, 1.165) is 0 Å². The monoisotopic (exact) mass is 454 g/mol. The number of rotatable bonds is 8. The molecule has 0 aliphatic carbocycles. The molecule has 4 rings (SSSR count). The molecule has 0 N–H and O–H groups in total. The molecule has 0 aliphatic heterocycles. The smallest absolute Gasteiger partial charge is 0.311 e. The first-order valence-electron chi connectivity index (χ1n) is 10.2. The van der Waals surface area contributed by atoms with E-state index in [-0.39, 0.29) is 22.9 Å². The molecule has 0 saturated carbocycles. The Bertz CT molecular complexity index is 1280. The summed E-state index contributed by atoms with van der Waals surface area (Å²) in [5.41, 5.74) is 1.09. The molecule has 168 valence electrons. The molecule has 0 atom stereocenters. The van der Waals surface area contributed by atoms with Gasteiger partial charge >= 0.3 is 11.4 Å². The predicted octanol–water partition coefficient (Wildman–Crippen LogP) is 7.26. The van der Waals surface area contributed by atoms with Crippen LogP contribution in [-0.2, 0) is 0 Å². The molecule has 0 spiro atoms. The van der Waals surface area contributed by atoms with E-state index in [4.69, 9.17) is 9.47 Å². The van der Waals surface area contributed by atoms with Crippen LogP contribution in [-0.4, -0.2) is 9.85 Å². The summed E-state index contributed by atoms with van der Waals surface area (Å²) in [5.74, 6) is 1.14. The van der Waals surface area contributed by atoms with Crippen molar-refractivity contribution in [1.82, 2.24) is 0 Å². The minimum absolute atomic E-state index is 0.133. The van der Waals surface area contributed by atoms with Crippen LogP contribution >= 0.6 is 0 Å². The summed E-state index contributed by atoms with van der Waals surface area (Å²) < 4.78 is 11.7. The summed E-state index contributed by atoms with van der Waals surface area (Å²) in [6.07, 6.45) is 3.57. The van der Waals surface area contributed by atoms with Gasteiger partial charge in [0.2, 0.25) is 11.5 Å². The first kappa shape index (κ1) is 22.2. The minimum atomic E-state index is -0.496. The molecule has 0 fully saturated rings. The standard InChI is InChI=1S/C26H18N2O6/c29-27(30)21-11-3-7-15-25(21)33-23-13-5-1-9-19(23)17-18-20-10-2-6-14-24(20)34-26-16-8-4-12-22(26)28(31)32/h1-18H/b18-17+. The summed E-state index contributed by atoms with van der Waals surface area (Å²) in [5, 5.41) is 22.6. The van der Waals surface area contributed by atoms with Crippen molar-refractivity contribution >= 4 is 23.5 Å². The molecule has 4 aromatic carbocycles. The van der Waals surface area contributed by atoms with Crippen LogP contribution in [0.5, 0.6) is 23.0 Å². The summed E-state index contributed by atoms with van der Waals surface area (Å²) >= 11 is 0. The topological polar surface area (TPSA) is 105 Å². The van der Waals surface area contributed by atoms with Gasteiger partial charge in [-0.2, -0.15) is 0 Å². The molecule has 0 bridgehead atoms. The Morgan fingerprint density at radius 3 is 1.21 bits per heavy atom. The van der Waals surface area contributed by atoms with Gasteiger partial charge in [0.15, 0.2) is 0 Å². The second-order valence-corrected chi connectivity index (χ2v) is 7.06. The fourth-order valence-corrected chi connectivity index (χ4v) is 3.23. The van der Waals surface area contributed by atoms with Crippen molar-refractivity contribution in [2.45, 2.75) is 0 Å². The first-order chi connectivity index (χ1) is 16.5. The number of benzene rings is 4. The summed E-state index contributed by atoms with van der Waals surface area (Å²) in [7, 11) is 0. The molecule has 0 heterocycles. The molecule has 8 nitrogen and oxygen atoms in total. The zero-order valence-electron chi connectivity index (χ0n) is 17.7. The van der Waals surface area contributed by atoms with Gasteiger partial charge in [-0.05, 0) is 24.3 Å². The Morgan fingerprint density at radius 2 is 0.824 bits per heavy atom. The van der Waals surface area contributed by atoms with E-state index in [9.17, 15) is 20.2 Å². The number of hydrogen-bond donors (Lipinski definition) is 0. The van der Waals surface area contributed by atoms with Crippen molar-refractivity contribution in [3.05, 3.63) is 128 Å². The van der Waals surface area contributed by atoms with Gasteiger partial charge in [0.25, 0.3) is 0 Å². The van der Waals surface area contributed by atoms with Gasteiger partial charge in [0, 0.05) is 23.3 Å². The number of nitrogens with zero attached hydrogens (tertiary/aromatic N) is 2. The van der Waals surface area contributed by atoms with Crippen LogP contribution in [0.2, 0.25) is 0 Å². The van der Waals surface area contributed by atoms with Gasteiger partial charge < -0.3 is 9.47 Å². The largest absolute Gasteiger partial charge is 0.449 e. The lowest BCUT2D eigenvalue weighted by Crippen LogP contribution is -1.94. The van der Waals surface area contributed by atoms with Crippen molar-refractivity contribution in [1.29, 1.82) is 0 Å². The van der Waals surface area contributed by atoms with Gasteiger partial charge in [-0.3, -0.25) is 20.2 Å². The van der Waals surface area contributed by atoms with Gasteiger partial charge in [0.05, 0.1) is 9.85 Å². The highest BCUT2D eigenvalue weighted by Crippen LogP contribution is 2.35. The van der Waals surface area contributed by atoms with E-state index in [0.29, 0.717) is 22.6 Å². The molecule has 0 aromatic heterocycles. The van der Waals surface area contributed by atoms with Crippen molar-refractivity contribution in [2.24, 2.45) is 0 Å². The van der Waals surface area contributed by atoms with Crippen LogP contribution in [0.1, 0.15) is 11.1 Å². The molecule has 0 aliphatic rings. The van der Waals surface area contributed by atoms with Crippen LogP contribution in [0.25, 0.3) is 12.2 Å². The zero-order chi connectivity index (χ0) is 23.9. The van der Waals surface area contributed by atoms with E-state index in [1.165, 1.54) is 24.3 Å². The fraction of sp³-hybridized carbons (Fsp3) is 0. The third-order valence-electron chi connectivity index (χ3n) is 4.84. The van der Waals surface area contributed by atoms with Gasteiger partial charge in [-0.1, -0.05) is 72.8 Å². The second-order valence-electron chi connectivity index (χ2n) is 7.06. The lowest BCUT2D eigenvalue weighted by atomic mass is 10.1. The number of para-hydroxylation sites is 6. The quantitative estimate of drug-likeness (QED) is 0.158. The average Bonchev–Trinajstić information content (AvgIpc) is 2.85. The molecule has 8 heteroatoms. The van der Waals surface area contributed by atoms with E-state index < -0.39 is 9.85 Å². The van der Waals surface area contributed by atoms with Crippen LogP contribution in [0.15, 0.2) is 97.1 Å². The molecular weight excluding hydrogens is 436 g/mol. The SMILES string of the molecule is O=[N+]([O-])c1ccccc1Oc1ccccc1/C=C/c1ccccc1Oc1ccccc1[N+](=O)[O-]. The van der Waals surface area contributed by atoms with Gasteiger partial charge in [-0.25, -0.2) is 0 Å². The van der Waals surface area contributed by atoms with Crippen LogP contribution in [0.3, 0.4) is 0 Å². The third-order valence-corrected chi connectivity index (χ3v) is 4.84. The Hall–Kier alpha value is -4.98. The highest BCUT2D eigenvalue weighted by Gasteiger charge is 2.16. The first-order valence-corrected chi connectivity index (χ1v) is 10.2. The van der Waals surface area contributed by atoms with Crippen molar-refractivity contribution in [3.63, 3.8) is 0 Å². The predicted molar refractivity (Wildman–Crippen MR) is 128 cm³/mol. The van der Waals surface area contributed by atoms with E-state index in [1.54, 1.807) is 60.7 Å². The summed E-state index contributed by atoms with van der Waals surface area (Å²) in [6, 6.07) is 26.5. The molecule has 0 amide bonds. The van der Waals surface area contributed by atoms with Crippen LogP contribution in [0.4, 0.5) is 11.4 Å². The number of hydrogen-bond acceptors (Lipinski definition) is 6. The van der Waals surface area contributed by atoms with Crippen molar-refractivity contribution in [3.8, 4) is 23.0 Å². The highest BCUT2D eigenvalue weighted by molar-refractivity contribution is 5.75. The van der Waals surface area contributed by atoms with Crippen molar-refractivity contribution in [2.75, 3.05) is 0 Å². The summed E-state index contributed by atoms with van der Waals surface area (Å²) in [4.78, 5) is 21.6. The molecule has 0 saturated heterocycles. The van der Waals surface area contributed by atoms with Crippen LogP contribution < -0.4 is 9.47 Å². The maximum absolute atomic E-state index is 11.3. The van der Waals surface area contributed by atoms with E-state index >= 15 is 0 Å². The highest BCUT2D eigenvalue weighted by atomic mass is 16.6. The fourth-order valence-electron chi connectivity index (χ4n) is 3.23. The Labute approximate surface area is 194 Å². The minimum Gasteiger partial charge on any atom is -0.449 e. The normalized spacial score (nSPS) is 10.7. The zero-order valence-corrected chi connectivity index (χ0v) is 17.7. The van der Waals surface area contributed by atoms with Gasteiger partial charge in [-0.15, -0.1) is 0 Å². The maximum atomic E-state index is 11.3. The molecule has 0 radical (unpaired) electrons. The molecular formula is C26H18N2O6. The second kappa shape index (κ2) is 10.1.